The van der Waals surface area contributed by atoms with Gasteiger partial charge in [-0.1, -0.05) is 51.8 Å². The Hall–Kier alpha value is -2.18. The second kappa shape index (κ2) is 6.85. The average Bonchev–Trinajstić information content (AvgIpc) is 2.59. The molecule has 0 fully saturated rings. The van der Waals surface area contributed by atoms with E-state index in [1.807, 2.05) is 0 Å². The van der Waals surface area contributed by atoms with Crippen molar-refractivity contribution < 1.29 is 9.90 Å². The van der Waals surface area contributed by atoms with E-state index in [-0.39, 0.29) is 16.4 Å². The minimum atomic E-state index is -1.17. The second-order valence-corrected chi connectivity index (χ2v) is 9.05. The molecule has 0 unspecified atom stereocenters. The van der Waals surface area contributed by atoms with E-state index in [1.165, 1.54) is 47.9 Å². The number of carboxylic acid groups (broad SMARTS) is 1. The van der Waals surface area contributed by atoms with Gasteiger partial charge in [0.25, 0.3) is 0 Å². The first-order chi connectivity index (χ1) is 12.2. The molecule has 0 heterocycles. The predicted octanol–water partition coefficient (Wildman–Crippen LogP) is 4.50. The first kappa shape index (κ1) is 18.6. The Kier molecular flexibility index (Phi) is 4.90. The lowest BCUT2D eigenvalue weighted by molar-refractivity contribution is -0.255. The number of carboxylic acids is 1. The first-order valence-corrected chi connectivity index (χ1v) is 9.65. The average molecular weight is 364 g/mol. The number of hydrogen-bond donors (Lipinski definition) is 0. The molecule has 0 radical (unpaired) electrons. The molecule has 3 heteroatoms. The fourth-order valence-corrected chi connectivity index (χ4v) is 4.06. The third kappa shape index (κ3) is 3.81. The van der Waals surface area contributed by atoms with E-state index in [0.29, 0.717) is 0 Å². The van der Waals surface area contributed by atoms with Crippen LogP contribution in [0, 0.1) is 11.2 Å². The summed E-state index contributed by atoms with van der Waals surface area (Å²) < 4.78 is 0. The molecule has 0 atom stereocenters. The van der Waals surface area contributed by atoms with E-state index >= 15 is 0 Å². The van der Waals surface area contributed by atoms with Crippen molar-refractivity contribution in [2.45, 2.75) is 56.3 Å². The van der Waals surface area contributed by atoms with Gasteiger partial charge in [0, 0.05) is 10.5 Å². The van der Waals surface area contributed by atoms with E-state index < -0.39 is 5.97 Å². The quantitative estimate of drug-likeness (QED) is 0.583. The van der Waals surface area contributed by atoms with Crippen LogP contribution >= 0.6 is 11.8 Å². The van der Waals surface area contributed by atoms with Gasteiger partial charge in [0.05, 0.1) is 5.97 Å². The van der Waals surface area contributed by atoms with Gasteiger partial charge in [-0.25, -0.2) is 0 Å². The van der Waals surface area contributed by atoms with Crippen molar-refractivity contribution in [1.29, 1.82) is 0 Å². The summed E-state index contributed by atoms with van der Waals surface area (Å²) in [6.07, 6.45) is 2.40. The number of rotatable bonds is 2. The first-order valence-electron chi connectivity index (χ1n) is 8.83. The molecule has 0 bridgehead atoms. The Balaban J connectivity index is 1.81. The molecule has 1 aliphatic rings. The normalized spacial score (nSPS) is 16.9. The van der Waals surface area contributed by atoms with E-state index in [9.17, 15) is 9.90 Å². The Labute approximate surface area is 160 Å². The van der Waals surface area contributed by atoms with Gasteiger partial charge in [0.2, 0.25) is 0 Å². The summed E-state index contributed by atoms with van der Waals surface area (Å²) in [6, 6.07) is 13.2. The second-order valence-electron chi connectivity index (χ2n) is 8.17. The van der Waals surface area contributed by atoms with Crippen LogP contribution in [-0.2, 0) is 10.8 Å². The molecule has 0 saturated heterocycles. The summed E-state index contributed by atoms with van der Waals surface area (Å²) in [4.78, 5) is 11.9. The summed E-state index contributed by atoms with van der Waals surface area (Å²) in [5, 5.41) is 13.9. The van der Waals surface area contributed by atoms with Gasteiger partial charge in [-0.3, -0.25) is 0 Å². The van der Waals surface area contributed by atoms with Crippen LogP contribution in [0.2, 0.25) is 0 Å². The Bertz CT molecular complexity index is 896. The molecule has 0 spiro atoms. The molecule has 0 aliphatic heterocycles. The van der Waals surface area contributed by atoms with Crippen molar-refractivity contribution in [3.63, 3.8) is 0 Å². The smallest absolute Gasteiger partial charge is 0.0715 e. The van der Waals surface area contributed by atoms with Gasteiger partial charge in [-0.2, -0.15) is 0 Å². The third-order valence-corrected chi connectivity index (χ3v) is 6.00. The van der Waals surface area contributed by atoms with E-state index in [0.717, 1.165) is 10.5 Å². The lowest BCUT2D eigenvalue weighted by Gasteiger charge is -2.42. The van der Waals surface area contributed by atoms with Crippen LogP contribution in [0.5, 0.6) is 0 Å². The van der Waals surface area contributed by atoms with Crippen molar-refractivity contribution in [1.82, 2.24) is 0 Å². The summed E-state index contributed by atoms with van der Waals surface area (Å²) in [5.74, 6) is 1.91. The molecule has 3 rings (SSSR count). The third-order valence-electron chi connectivity index (χ3n) is 5.31. The van der Waals surface area contributed by atoms with Gasteiger partial charge in [-0.05, 0) is 81.6 Å². The van der Waals surface area contributed by atoms with E-state index in [1.54, 1.807) is 12.1 Å². The zero-order valence-corrected chi connectivity index (χ0v) is 16.5. The molecule has 2 aromatic rings. The maximum atomic E-state index is 10.8. The molecule has 0 N–H and O–H groups in total. The van der Waals surface area contributed by atoms with Crippen LogP contribution in [0.25, 0.3) is 0 Å². The minimum Gasteiger partial charge on any atom is -0.545 e. The van der Waals surface area contributed by atoms with E-state index in [2.05, 4.69) is 57.1 Å². The van der Waals surface area contributed by atoms with Crippen molar-refractivity contribution in [2.24, 2.45) is 0 Å². The van der Waals surface area contributed by atoms with Crippen molar-refractivity contribution in [3.8, 4) is 11.2 Å². The van der Waals surface area contributed by atoms with E-state index in [4.69, 9.17) is 0 Å². The highest BCUT2D eigenvalue weighted by atomic mass is 32.2. The van der Waals surface area contributed by atoms with Crippen LogP contribution in [-0.4, -0.2) is 5.97 Å². The fraction of sp³-hybridized carbons (Fsp3) is 0.348. The Morgan fingerprint density at radius 2 is 1.58 bits per heavy atom. The molecule has 0 amide bonds. The van der Waals surface area contributed by atoms with Crippen LogP contribution in [0.4, 0.5) is 0 Å². The number of carbonyl (C=O) groups excluding carboxylic acids is 1. The number of thioether (sulfide) groups is 1. The van der Waals surface area contributed by atoms with Crippen molar-refractivity contribution in [3.05, 3.63) is 64.7 Å². The van der Waals surface area contributed by atoms with Crippen LogP contribution in [0.1, 0.15) is 67.6 Å². The van der Waals surface area contributed by atoms with Crippen molar-refractivity contribution in [2.75, 3.05) is 0 Å². The fourth-order valence-electron chi connectivity index (χ4n) is 3.46. The molecule has 2 nitrogen and oxygen atoms in total. The molecular weight excluding hydrogens is 340 g/mol. The van der Waals surface area contributed by atoms with Gasteiger partial charge >= 0.3 is 0 Å². The van der Waals surface area contributed by atoms with Gasteiger partial charge < -0.3 is 9.90 Å². The summed E-state index contributed by atoms with van der Waals surface area (Å²) in [5.41, 5.74) is 4.25. The molecule has 0 saturated carbocycles. The largest absolute Gasteiger partial charge is 0.545 e. The lowest BCUT2D eigenvalue weighted by Crippen LogP contribution is -2.33. The summed E-state index contributed by atoms with van der Waals surface area (Å²) >= 11 is 1.51. The number of hydrogen-bond acceptors (Lipinski definition) is 3. The zero-order valence-electron chi connectivity index (χ0n) is 15.7. The maximum absolute atomic E-state index is 10.8. The molecule has 26 heavy (non-hydrogen) atoms. The van der Waals surface area contributed by atoms with Crippen LogP contribution in [0.3, 0.4) is 0 Å². The molecule has 2 aromatic carbocycles. The SMILES string of the molecule is CC1(C)CCC(C)(C)c2cc(SC#Cc3ccc(C(=O)[O-])cc3)ccc21. The number of benzene rings is 2. The highest BCUT2D eigenvalue weighted by molar-refractivity contribution is 8.04. The summed E-state index contributed by atoms with van der Waals surface area (Å²) in [6.45, 7) is 9.29. The Morgan fingerprint density at radius 1 is 0.962 bits per heavy atom. The van der Waals surface area contributed by atoms with Gasteiger partial charge in [0.1, 0.15) is 0 Å². The molecule has 0 aromatic heterocycles. The zero-order chi connectivity index (χ0) is 18.9. The van der Waals surface area contributed by atoms with Gasteiger partial charge in [0.15, 0.2) is 0 Å². The lowest BCUT2D eigenvalue weighted by atomic mass is 9.63. The van der Waals surface area contributed by atoms with Crippen LogP contribution in [0.15, 0.2) is 47.4 Å². The standard InChI is InChI=1S/C23H24O2S/c1-22(2)12-13-23(3,4)20-15-18(9-10-19(20)22)26-14-11-16-5-7-17(8-6-16)21(24)25/h5-10,15H,12-13H2,1-4H3,(H,24,25)/p-1. The van der Waals surface area contributed by atoms with Gasteiger partial charge in [-0.15, -0.1) is 0 Å². The molecule has 1 aliphatic carbocycles. The minimum absolute atomic E-state index is 0.169. The molecular formula is C23H23O2S-. The van der Waals surface area contributed by atoms with Crippen molar-refractivity contribution >= 4 is 17.7 Å². The topological polar surface area (TPSA) is 40.1 Å². The monoisotopic (exact) mass is 363 g/mol. The van der Waals surface area contributed by atoms with Crippen LogP contribution < -0.4 is 5.11 Å². The highest BCUT2D eigenvalue weighted by Crippen LogP contribution is 2.46. The predicted molar refractivity (Wildman–Crippen MR) is 105 cm³/mol. The highest BCUT2D eigenvalue weighted by Gasteiger charge is 2.36. The Morgan fingerprint density at radius 3 is 2.19 bits per heavy atom. The number of aromatic carboxylic acids is 1. The molecule has 134 valence electrons. The summed E-state index contributed by atoms with van der Waals surface area (Å²) in [7, 11) is 0. The number of fused-ring (bicyclic) bond motifs is 1. The maximum Gasteiger partial charge on any atom is 0.0715 e. The number of carbonyl (C=O) groups is 1.